The molecule has 5 nitrogen and oxygen atoms in total. The number of nitrogens with one attached hydrogen (secondary N) is 2. The van der Waals surface area contributed by atoms with Crippen molar-refractivity contribution < 1.29 is 13.2 Å². The van der Waals surface area contributed by atoms with Gasteiger partial charge in [0.15, 0.2) is 0 Å². The molecule has 1 aliphatic heterocycles. The molecule has 2 N–H and O–H groups in total. The predicted octanol–water partition coefficient (Wildman–Crippen LogP) is 3.03. The Hall–Kier alpha value is -1.83. The molecule has 0 radical (unpaired) electrons. The van der Waals surface area contributed by atoms with Gasteiger partial charge < -0.3 is 5.32 Å². The monoisotopic (exact) mass is 376 g/mol. The van der Waals surface area contributed by atoms with Crippen LogP contribution in [0.2, 0.25) is 0 Å². The van der Waals surface area contributed by atoms with Crippen LogP contribution in [0.15, 0.2) is 58.3 Å². The molecular weight excluding hydrogens is 356 g/mol. The maximum Gasteiger partial charge on any atom is 0.240 e. The van der Waals surface area contributed by atoms with Crippen LogP contribution in [-0.4, -0.2) is 26.1 Å². The zero-order valence-corrected chi connectivity index (χ0v) is 15.5. The van der Waals surface area contributed by atoms with Crippen LogP contribution >= 0.6 is 11.8 Å². The molecule has 7 heteroatoms. The summed E-state index contributed by atoms with van der Waals surface area (Å²) in [6, 6.07) is 14.6. The molecule has 1 amide bonds. The van der Waals surface area contributed by atoms with Crippen molar-refractivity contribution in [2.45, 2.75) is 34.8 Å². The van der Waals surface area contributed by atoms with Crippen molar-refractivity contribution >= 4 is 33.4 Å². The SMILES string of the molecule is C[C@@H]1CC(=O)Nc2cc(S(=O)(=O)NCCc3ccccc3)ccc2S1. The molecule has 0 fully saturated rings. The van der Waals surface area contributed by atoms with E-state index in [4.69, 9.17) is 0 Å². The molecule has 1 atom stereocenters. The lowest BCUT2D eigenvalue weighted by atomic mass is 10.2. The summed E-state index contributed by atoms with van der Waals surface area (Å²) in [7, 11) is -3.62. The van der Waals surface area contributed by atoms with Gasteiger partial charge in [-0.3, -0.25) is 4.79 Å². The fourth-order valence-corrected chi connectivity index (χ4v) is 4.76. The Kier molecular flexibility index (Phi) is 5.46. The first-order valence-electron chi connectivity index (χ1n) is 8.08. The summed E-state index contributed by atoms with van der Waals surface area (Å²) < 4.78 is 27.6. The van der Waals surface area contributed by atoms with Crippen molar-refractivity contribution in [2.24, 2.45) is 0 Å². The number of amides is 1. The van der Waals surface area contributed by atoms with Gasteiger partial charge in [0.2, 0.25) is 15.9 Å². The van der Waals surface area contributed by atoms with E-state index in [-0.39, 0.29) is 16.1 Å². The Morgan fingerprint density at radius 1 is 1.20 bits per heavy atom. The van der Waals surface area contributed by atoms with Gasteiger partial charge in [-0.25, -0.2) is 13.1 Å². The minimum atomic E-state index is -3.62. The van der Waals surface area contributed by atoms with Crippen LogP contribution in [0.4, 0.5) is 5.69 Å². The van der Waals surface area contributed by atoms with E-state index in [1.165, 1.54) is 6.07 Å². The molecular formula is C18H20N2O3S2. The van der Waals surface area contributed by atoms with Gasteiger partial charge in [-0.05, 0) is 30.2 Å². The van der Waals surface area contributed by atoms with E-state index in [1.807, 2.05) is 37.3 Å². The lowest BCUT2D eigenvalue weighted by molar-refractivity contribution is -0.116. The van der Waals surface area contributed by atoms with Crippen molar-refractivity contribution in [1.29, 1.82) is 0 Å². The number of carbonyl (C=O) groups is 1. The maximum absolute atomic E-state index is 12.5. The number of benzene rings is 2. The summed E-state index contributed by atoms with van der Waals surface area (Å²) in [4.78, 5) is 12.9. The number of anilines is 1. The van der Waals surface area contributed by atoms with Crippen molar-refractivity contribution in [1.82, 2.24) is 4.72 Å². The van der Waals surface area contributed by atoms with Gasteiger partial charge >= 0.3 is 0 Å². The summed E-state index contributed by atoms with van der Waals surface area (Å²) in [5, 5.41) is 2.96. The third-order valence-corrected chi connectivity index (χ3v) is 6.52. The van der Waals surface area contributed by atoms with Gasteiger partial charge in [-0.2, -0.15) is 0 Å². The third kappa shape index (κ3) is 4.62. The minimum absolute atomic E-state index is 0.0923. The van der Waals surface area contributed by atoms with E-state index in [0.29, 0.717) is 25.1 Å². The molecule has 3 rings (SSSR count). The van der Waals surface area contributed by atoms with E-state index in [1.54, 1.807) is 23.9 Å². The van der Waals surface area contributed by atoms with Gasteiger partial charge in [0, 0.05) is 23.1 Å². The summed E-state index contributed by atoms with van der Waals surface area (Å²) in [6.45, 7) is 2.30. The second-order valence-electron chi connectivity index (χ2n) is 5.97. The van der Waals surface area contributed by atoms with Gasteiger partial charge in [0.1, 0.15) is 0 Å². The summed E-state index contributed by atoms with van der Waals surface area (Å²) in [6.07, 6.45) is 1.03. The highest BCUT2D eigenvalue weighted by atomic mass is 32.2. The van der Waals surface area contributed by atoms with E-state index in [9.17, 15) is 13.2 Å². The van der Waals surface area contributed by atoms with Gasteiger partial charge in [0.25, 0.3) is 0 Å². The Bertz CT molecular complexity index is 867. The molecule has 0 aliphatic carbocycles. The first-order valence-corrected chi connectivity index (χ1v) is 10.4. The molecule has 0 saturated carbocycles. The number of sulfonamides is 1. The summed E-state index contributed by atoms with van der Waals surface area (Å²) >= 11 is 1.57. The van der Waals surface area contributed by atoms with E-state index >= 15 is 0 Å². The van der Waals surface area contributed by atoms with Crippen molar-refractivity contribution in [2.75, 3.05) is 11.9 Å². The van der Waals surface area contributed by atoms with E-state index in [2.05, 4.69) is 10.0 Å². The van der Waals surface area contributed by atoms with Gasteiger partial charge in [0.05, 0.1) is 10.6 Å². The van der Waals surface area contributed by atoms with Crippen molar-refractivity contribution in [3.8, 4) is 0 Å². The molecule has 2 aromatic rings. The quantitative estimate of drug-likeness (QED) is 0.841. The van der Waals surface area contributed by atoms with Crippen LogP contribution in [0.5, 0.6) is 0 Å². The number of fused-ring (bicyclic) bond motifs is 1. The first-order chi connectivity index (χ1) is 11.9. The van der Waals surface area contributed by atoms with Crippen LogP contribution < -0.4 is 10.0 Å². The third-order valence-electron chi connectivity index (χ3n) is 3.89. The highest BCUT2D eigenvalue weighted by Crippen LogP contribution is 2.36. The molecule has 0 aromatic heterocycles. The molecule has 0 spiro atoms. The Morgan fingerprint density at radius 3 is 2.72 bits per heavy atom. The normalized spacial score (nSPS) is 17.5. The number of rotatable bonds is 5. The van der Waals surface area contributed by atoms with Crippen LogP contribution in [0.25, 0.3) is 0 Å². The molecule has 0 bridgehead atoms. The lowest BCUT2D eigenvalue weighted by Crippen LogP contribution is -2.26. The number of carbonyl (C=O) groups excluding carboxylic acids is 1. The van der Waals surface area contributed by atoms with Crippen molar-refractivity contribution in [3.63, 3.8) is 0 Å². The van der Waals surface area contributed by atoms with Crippen LogP contribution in [-0.2, 0) is 21.2 Å². The Labute approximate surface area is 152 Å². The molecule has 2 aromatic carbocycles. The molecule has 1 heterocycles. The van der Waals surface area contributed by atoms with E-state index in [0.717, 1.165) is 10.5 Å². The average Bonchev–Trinajstić information content (AvgIpc) is 2.71. The first kappa shape index (κ1) is 18.0. The largest absolute Gasteiger partial charge is 0.325 e. The minimum Gasteiger partial charge on any atom is -0.325 e. The maximum atomic E-state index is 12.5. The summed E-state index contributed by atoms with van der Waals surface area (Å²) in [5.41, 5.74) is 1.63. The van der Waals surface area contributed by atoms with Crippen LogP contribution in [0.3, 0.4) is 0 Å². The Balaban J connectivity index is 1.73. The zero-order valence-electron chi connectivity index (χ0n) is 13.9. The smallest absolute Gasteiger partial charge is 0.240 e. The standard InChI is InChI=1S/C18H20N2O3S2/c1-13-11-18(21)20-16-12-15(7-8-17(16)24-13)25(22,23)19-10-9-14-5-3-2-4-6-14/h2-8,12-13,19H,9-11H2,1H3,(H,20,21)/t13-/m1/s1. The van der Waals surface area contributed by atoms with Crippen LogP contribution in [0.1, 0.15) is 18.9 Å². The highest BCUT2D eigenvalue weighted by Gasteiger charge is 2.22. The van der Waals surface area contributed by atoms with Gasteiger partial charge in [-0.15, -0.1) is 11.8 Å². The molecule has 132 valence electrons. The Morgan fingerprint density at radius 2 is 1.96 bits per heavy atom. The topological polar surface area (TPSA) is 75.3 Å². The predicted molar refractivity (Wildman–Crippen MR) is 100 cm³/mol. The number of hydrogen-bond donors (Lipinski definition) is 2. The molecule has 25 heavy (non-hydrogen) atoms. The zero-order chi connectivity index (χ0) is 17.9. The van der Waals surface area contributed by atoms with Crippen molar-refractivity contribution in [3.05, 3.63) is 54.1 Å². The fourth-order valence-electron chi connectivity index (χ4n) is 2.66. The lowest BCUT2D eigenvalue weighted by Gasteiger charge is -2.11. The number of thioether (sulfide) groups is 1. The highest BCUT2D eigenvalue weighted by molar-refractivity contribution is 8.00. The average molecular weight is 377 g/mol. The number of hydrogen-bond acceptors (Lipinski definition) is 4. The molecule has 0 saturated heterocycles. The fraction of sp³-hybridized carbons (Fsp3) is 0.278. The second-order valence-corrected chi connectivity index (χ2v) is 9.22. The second kappa shape index (κ2) is 7.59. The van der Waals surface area contributed by atoms with Gasteiger partial charge in [-0.1, -0.05) is 37.3 Å². The van der Waals surface area contributed by atoms with Crippen LogP contribution in [0, 0.1) is 0 Å². The van der Waals surface area contributed by atoms with E-state index < -0.39 is 10.0 Å². The molecule has 0 unspecified atom stereocenters. The molecule has 1 aliphatic rings. The summed E-state index contributed by atoms with van der Waals surface area (Å²) in [5.74, 6) is -0.0923.